The van der Waals surface area contributed by atoms with Crippen molar-refractivity contribution in [3.05, 3.63) is 0 Å². The minimum Gasteiger partial charge on any atom is -0.481 e. The molecule has 4 heteroatoms. The Morgan fingerprint density at radius 1 is 1.79 bits per heavy atom. The molecule has 1 aliphatic heterocycles. The second-order valence-electron chi connectivity index (χ2n) is 4.30. The summed E-state index contributed by atoms with van der Waals surface area (Å²) in [6.45, 7) is 7.06. The number of nitrogens with one attached hydrogen (secondary N) is 1. The van der Waals surface area contributed by atoms with Gasteiger partial charge < -0.3 is 15.2 Å². The molecule has 0 aromatic heterocycles. The van der Waals surface area contributed by atoms with Crippen LogP contribution in [0.1, 0.15) is 27.2 Å². The van der Waals surface area contributed by atoms with E-state index in [1.807, 2.05) is 6.92 Å². The number of rotatable bonds is 4. The van der Waals surface area contributed by atoms with E-state index in [-0.39, 0.29) is 17.6 Å². The van der Waals surface area contributed by atoms with E-state index in [1.54, 1.807) is 6.92 Å². The molecule has 1 fully saturated rings. The monoisotopic (exact) mass is 201 g/mol. The first-order chi connectivity index (χ1) is 6.46. The molecule has 14 heavy (non-hydrogen) atoms. The number of ether oxygens (including phenoxy) is 1. The lowest BCUT2D eigenvalue weighted by molar-refractivity contribution is -0.141. The number of hydrogen-bond acceptors (Lipinski definition) is 3. The fourth-order valence-electron chi connectivity index (χ4n) is 1.54. The molecule has 0 radical (unpaired) electrons. The zero-order valence-corrected chi connectivity index (χ0v) is 9.04. The molecule has 3 atom stereocenters. The minimum atomic E-state index is -0.757. The van der Waals surface area contributed by atoms with Crippen molar-refractivity contribution in [2.24, 2.45) is 5.92 Å². The van der Waals surface area contributed by atoms with Gasteiger partial charge >= 0.3 is 5.97 Å². The van der Waals surface area contributed by atoms with Crippen LogP contribution in [0.2, 0.25) is 0 Å². The SMILES string of the molecule is CC(CNC1(C)CCOC1C)C(=O)O. The summed E-state index contributed by atoms with van der Waals surface area (Å²) in [6, 6.07) is 0. The van der Waals surface area contributed by atoms with Gasteiger partial charge in [-0.2, -0.15) is 0 Å². The van der Waals surface area contributed by atoms with Crippen molar-refractivity contribution in [2.75, 3.05) is 13.2 Å². The van der Waals surface area contributed by atoms with Gasteiger partial charge in [-0.15, -0.1) is 0 Å². The molecule has 0 aromatic rings. The Labute approximate surface area is 84.6 Å². The Kier molecular flexibility index (Phi) is 3.50. The number of carbonyl (C=O) groups is 1. The fraction of sp³-hybridized carbons (Fsp3) is 0.900. The lowest BCUT2D eigenvalue weighted by Gasteiger charge is -2.29. The molecule has 3 unspecified atom stereocenters. The summed E-state index contributed by atoms with van der Waals surface area (Å²) in [5.41, 5.74) is -0.0658. The first-order valence-electron chi connectivity index (χ1n) is 5.05. The van der Waals surface area contributed by atoms with Gasteiger partial charge in [0.25, 0.3) is 0 Å². The number of carboxylic acid groups (broad SMARTS) is 1. The van der Waals surface area contributed by atoms with Gasteiger partial charge in [-0.1, -0.05) is 6.92 Å². The van der Waals surface area contributed by atoms with Crippen molar-refractivity contribution in [3.63, 3.8) is 0 Å². The highest BCUT2D eigenvalue weighted by Crippen LogP contribution is 2.25. The highest BCUT2D eigenvalue weighted by molar-refractivity contribution is 5.69. The van der Waals surface area contributed by atoms with Crippen molar-refractivity contribution in [3.8, 4) is 0 Å². The molecule has 1 rings (SSSR count). The Balaban J connectivity index is 2.40. The second kappa shape index (κ2) is 4.28. The van der Waals surface area contributed by atoms with Crippen LogP contribution in [0.3, 0.4) is 0 Å². The number of hydrogen-bond donors (Lipinski definition) is 2. The van der Waals surface area contributed by atoms with Crippen LogP contribution in [0.4, 0.5) is 0 Å². The summed E-state index contributed by atoms with van der Waals surface area (Å²) in [5.74, 6) is -1.10. The first-order valence-corrected chi connectivity index (χ1v) is 5.05. The van der Waals surface area contributed by atoms with Crippen molar-refractivity contribution in [2.45, 2.75) is 38.8 Å². The summed E-state index contributed by atoms with van der Waals surface area (Å²) >= 11 is 0. The molecule has 0 amide bonds. The minimum absolute atomic E-state index is 0.0658. The maximum Gasteiger partial charge on any atom is 0.307 e. The number of carboxylic acids is 1. The summed E-state index contributed by atoms with van der Waals surface area (Å²) in [4.78, 5) is 10.6. The van der Waals surface area contributed by atoms with E-state index in [4.69, 9.17) is 9.84 Å². The maximum atomic E-state index is 10.6. The van der Waals surface area contributed by atoms with E-state index in [2.05, 4.69) is 12.2 Å². The predicted molar refractivity (Wildman–Crippen MR) is 53.2 cm³/mol. The van der Waals surface area contributed by atoms with Gasteiger partial charge in [-0.25, -0.2) is 0 Å². The zero-order valence-electron chi connectivity index (χ0n) is 9.04. The fourth-order valence-corrected chi connectivity index (χ4v) is 1.54. The Hall–Kier alpha value is -0.610. The van der Waals surface area contributed by atoms with Crippen LogP contribution in [0.5, 0.6) is 0 Å². The smallest absolute Gasteiger partial charge is 0.307 e. The van der Waals surface area contributed by atoms with Crippen LogP contribution in [-0.4, -0.2) is 35.9 Å². The third-order valence-electron chi connectivity index (χ3n) is 3.12. The molecule has 2 N–H and O–H groups in total. The van der Waals surface area contributed by atoms with Crippen LogP contribution < -0.4 is 5.32 Å². The second-order valence-corrected chi connectivity index (χ2v) is 4.30. The van der Waals surface area contributed by atoms with Gasteiger partial charge in [0.05, 0.1) is 12.0 Å². The van der Waals surface area contributed by atoms with Crippen molar-refractivity contribution >= 4 is 5.97 Å². The molecule has 0 bridgehead atoms. The van der Waals surface area contributed by atoms with Gasteiger partial charge in [0.1, 0.15) is 0 Å². The Bertz CT molecular complexity index is 219. The van der Waals surface area contributed by atoms with E-state index < -0.39 is 5.97 Å². The third kappa shape index (κ3) is 2.45. The lowest BCUT2D eigenvalue weighted by atomic mass is 9.94. The third-order valence-corrected chi connectivity index (χ3v) is 3.12. The average molecular weight is 201 g/mol. The molecule has 0 spiro atoms. The lowest BCUT2D eigenvalue weighted by Crippen LogP contribution is -2.49. The normalized spacial score (nSPS) is 34.4. The number of aliphatic carboxylic acids is 1. The van der Waals surface area contributed by atoms with Gasteiger partial charge in [-0.05, 0) is 20.3 Å². The summed E-state index contributed by atoms with van der Waals surface area (Å²) in [6.07, 6.45) is 1.10. The van der Waals surface area contributed by atoms with E-state index in [1.165, 1.54) is 0 Å². The summed E-state index contributed by atoms with van der Waals surface area (Å²) in [7, 11) is 0. The van der Waals surface area contributed by atoms with Crippen LogP contribution in [0, 0.1) is 5.92 Å². The first kappa shape index (κ1) is 11.5. The van der Waals surface area contributed by atoms with E-state index in [0.717, 1.165) is 13.0 Å². The van der Waals surface area contributed by atoms with Crippen LogP contribution in [0.25, 0.3) is 0 Å². The maximum absolute atomic E-state index is 10.6. The molecule has 1 saturated heterocycles. The van der Waals surface area contributed by atoms with Gasteiger partial charge in [-0.3, -0.25) is 4.79 Å². The molecular formula is C10H19NO3. The molecule has 0 aromatic carbocycles. The summed E-state index contributed by atoms with van der Waals surface area (Å²) < 4.78 is 5.45. The van der Waals surface area contributed by atoms with Crippen molar-refractivity contribution in [1.29, 1.82) is 0 Å². The van der Waals surface area contributed by atoms with Gasteiger partial charge in [0.15, 0.2) is 0 Å². The predicted octanol–water partition coefficient (Wildman–Crippen LogP) is 0.864. The highest BCUT2D eigenvalue weighted by atomic mass is 16.5. The van der Waals surface area contributed by atoms with Crippen LogP contribution in [0.15, 0.2) is 0 Å². The standard InChI is InChI=1S/C10H19NO3/c1-7(9(12)13)6-11-10(3)4-5-14-8(10)2/h7-8,11H,4-6H2,1-3H3,(H,12,13). The van der Waals surface area contributed by atoms with Crippen molar-refractivity contribution in [1.82, 2.24) is 5.32 Å². The van der Waals surface area contributed by atoms with Crippen molar-refractivity contribution < 1.29 is 14.6 Å². The Morgan fingerprint density at radius 3 is 2.86 bits per heavy atom. The largest absolute Gasteiger partial charge is 0.481 e. The van der Waals surface area contributed by atoms with Crippen LogP contribution >= 0.6 is 0 Å². The van der Waals surface area contributed by atoms with E-state index in [0.29, 0.717) is 6.54 Å². The van der Waals surface area contributed by atoms with Crippen LogP contribution in [-0.2, 0) is 9.53 Å². The molecule has 1 aliphatic rings. The zero-order chi connectivity index (χ0) is 10.8. The molecule has 82 valence electrons. The van der Waals surface area contributed by atoms with Gasteiger partial charge in [0, 0.05) is 18.7 Å². The van der Waals surface area contributed by atoms with E-state index >= 15 is 0 Å². The molecule has 1 heterocycles. The Morgan fingerprint density at radius 2 is 2.43 bits per heavy atom. The topological polar surface area (TPSA) is 58.6 Å². The van der Waals surface area contributed by atoms with Gasteiger partial charge in [0.2, 0.25) is 0 Å². The molecule has 0 saturated carbocycles. The molecular weight excluding hydrogens is 182 g/mol. The quantitative estimate of drug-likeness (QED) is 0.708. The average Bonchev–Trinajstić information content (AvgIpc) is 2.44. The molecule has 0 aliphatic carbocycles. The summed E-state index contributed by atoms with van der Waals surface area (Å²) in [5, 5.41) is 12.0. The molecule has 4 nitrogen and oxygen atoms in total. The highest BCUT2D eigenvalue weighted by Gasteiger charge is 2.36. The van der Waals surface area contributed by atoms with E-state index in [9.17, 15) is 4.79 Å².